The topological polar surface area (TPSA) is 63.7 Å². The van der Waals surface area contributed by atoms with Crippen molar-refractivity contribution in [3.05, 3.63) is 53.7 Å². The molecule has 2 heterocycles. The molecule has 1 fully saturated rings. The molecule has 0 aliphatic carbocycles. The molecule has 0 radical (unpaired) electrons. The van der Waals surface area contributed by atoms with Crippen LogP contribution in [0.25, 0.3) is 0 Å². The molecule has 6 heteroatoms. The van der Waals surface area contributed by atoms with E-state index in [-0.39, 0.29) is 5.91 Å². The second-order valence-corrected chi connectivity index (χ2v) is 6.14. The molecule has 1 aliphatic rings. The van der Waals surface area contributed by atoms with Gasteiger partial charge in [0.15, 0.2) is 0 Å². The summed E-state index contributed by atoms with van der Waals surface area (Å²) in [5, 5.41) is 2.88. The lowest BCUT2D eigenvalue weighted by molar-refractivity contribution is -0.133. The number of hydrogen-bond acceptors (Lipinski definition) is 5. The largest absolute Gasteiger partial charge is 0.480 e. The summed E-state index contributed by atoms with van der Waals surface area (Å²) in [4.78, 5) is 19.0. The van der Waals surface area contributed by atoms with Crippen molar-refractivity contribution in [3.8, 4) is 5.88 Å². The van der Waals surface area contributed by atoms with Crippen molar-refractivity contribution in [1.82, 2.24) is 9.88 Å². The van der Waals surface area contributed by atoms with E-state index in [1.807, 2.05) is 31.2 Å². The molecular formula is C19H23N3O3. The Hall–Kier alpha value is -2.44. The standard InChI is InChI=1S/C19H23N3O3/c1-14-10-16(19(24-2)20-11-14)21-18(23)17-13-22(8-9-25-17)12-15-6-4-3-5-7-15/h3-7,10-11,17H,8-9,12-13H2,1-2H3,(H,21,23). The molecule has 3 rings (SSSR count). The van der Waals surface area contributed by atoms with Crippen molar-refractivity contribution in [2.75, 3.05) is 32.1 Å². The highest BCUT2D eigenvalue weighted by Gasteiger charge is 2.27. The molecule has 1 atom stereocenters. The number of methoxy groups -OCH3 is 1. The van der Waals surface area contributed by atoms with Gasteiger partial charge in [0, 0.05) is 25.8 Å². The van der Waals surface area contributed by atoms with E-state index in [2.05, 4.69) is 27.3 Å². The molecule has 6 nitrogen and oxygen atoms in total. The molecule has 132 valence electrons. The minimum Gasteiger partial charge on any atom is -0.480 e. The lowest BCUT2D eigenvalue weighted by atomic mass is 10.2. The Morgan fingerprint density at radius 1 is 1.40 bits per heavy atom. The molecule has 1 aromatic heterocycles. The number of pyridine rings is 1. The number of aryl methyl sites for hydroxylation is 1. The number of nitrogens with zero attached hydrogens (tertiary/aromatic N) is 2. The molecule has 2 aromatic rings. The van der Waals surface area contributed by atoms with Gasteiger partial charge in [0.1, 0.15) is 11.8 Å². The van der Waals surface area contributed by atoms with Crippen LogP contribution in [0.15, 0.2) is 42.6 Å². The van der Waals surface area contributed by atoms with Crippen LogP contribution in [-0.4, -0.2) is 48.7 Å². The summed E-state index contributed by atoms with van der Waals surface area (Å²) in [7, 11) is 1.53. The van der Waals surface area contributed by atoms with Gasteiger partial charge < -0.3 is 14.8 Å². The van der Waals surface area contributed by atoms with Crippen LogP contribution in [0.5, 0.6) is 5.88 Å². The third-order valence-corrected chi connectivity index (χ3v) is 4.13. The molecule has 0 saturated carbocycles. The Balaban J connectivity index is 1.63. The molecular weight excluding hydrogens is 318 g/mol. The molecule has 1 aliphatic heterocycles. The van der Waals surface area contributed by atoms with E-state index in [9.17, 15) is 4.79 Å². The summed E-state index contributed by atoms with van der Waals surface area (Å²) in [6.07, 6.45) is 1.19. The predicted molar refractivity (Wildman–Crippen MR) is 95.6 cm³/mol. The Morgan fingerprint density at radius 2 is 2.20 bits per heavy atom. The fourth-order valence-corrected chi connectivity index (χ4v) is 2.87. The lowest BCUT2D eigenvalue weighted by Crippen LogP contribution is -2.47. The van der Waals surface area contributed by atoms with Crippen LogP contribution in [0.4, 0.5) is 5.69 Å². The monoisotopic (exact) mass is 341 g/mol. The Bertz CT molecular complexity index is 721. The zero-order chi connectivity index (χ0) is 17.6. The SMILES string of the molecule is COc1ncc(C)cc1NC(=O)C1CN(Cc2ccccc2)CCO1. The van der Waals surface area contributed by atoms with E-state index < -0.39 is 6.10 Å². The number of aromatic nitrogens is 1. The fourth-order valence-electron chi connectivity index (χ4n) is 2.87. The Morgan fingerprint density at radius 3 is 2.96 bits per heavy atom. The van der Waals surface area contributed by atoms with E-state index >= 15 is 0 Å². The van der Waals surface area contributed by atoms with Crippen molar-refractivity contribution in [1.29, 1.82) is 0 Å². The maximum atomic E-state index is 12.6. The number of anilines is 1. The maximum Gasteiger partial charge on any atom is 0.254 e. The molecule has 0 spiro atoms. The fraction of sp³-hybridized carbons (Fsp3) is 0.368. The first kappa shape index (κ1) is 17.4. The first-order valence-corrected chi connectivity index (χ1v) is 8.35. The number of benzene rings is 1. The second kappa shape index (κ2) is 8.09. The van der Waals surface area contributed by atoms with E-state index in [0.29, 0.717) is 24.7 Å². The Labute approximate surface area is 147 Å². The molecule has 1 unspecified atom stereocenters. The van der Waals surface area contributed by atoms with Gasteiger partial charge in [0.05, 0.1) is 13.7 Å². The highest BCUT2D eigenvalue weighted by atomic mass is 16.5. The van der Waals surface area contributed by atoms with Gasteiger partial charge in [0.2, 0.25) is 5.88 Å². The van der Waals surface area contributed by atoms with Crippen LogP contribution >= 0.6 is 0 Å². The van der Waals surface area contributed by atoms with Gasteiger partial charge in [-0.15, -0.1) is 0 Å². The van der Waals surface area contributed by atoms with E-state index in [1.54, 1.807) is 6.20 Å². The number of morpholine rings is 1. The Kier molecular flexibility index (Phi) is 5.63. The van der Waals surface area contributed by atoms with Crippen molar-refractivity contribution in [2.45, 2.75) is 19.6 Å². The number of carbonyl (C=O) groups is 1. The zero-order valence-corrected chi connectivity index (χ0v) is 14.6. The molecule has 1 N–H and O–H groups in total. The van der Waals surface area contributed by atoms with E-state index in [4.69, 9.17) is 9.47 Å². The third-order valence-electron chi connectivity index (χ3n) is 4.13. The molecule has 1 amide bonds. The van der Waals surface area contributed by atoms with Crippen LogP contribution in [0.2, 0.25) is 0 Å². The number of carbonyl (C=O) groups excluding carboxylic acids is 1. The smallest absolute Gasteiger partial charge is 0.254 e. The number of hydrogen-bond donors (Lipinski definition) is 1. The maximum absolute atomic E-state index is 12.6. The highest BCUT2D eigenvalue weighted by Crippen LogP contribution is 2.23. The van der Waals surface area contributed by atoms with Crippen LogP contribution < -0.4 is 10.1 Å². The van der Waals surface area contributed by atoms with E-state index in [1.165, 1.54) is 12.7 Å². The number of nitrogens with one attached hydrogen (secondary N) is 1. The molecule has 25 heavy (non-hydrogen) atoms. The minimum atomic E-state index is -0.511. The normalized spacial score (nSPS) is 17.9. The van der Waals surface area contributed by atoms with Gasteiger partial charge in [-0.3, -0.25) is 9.69 Å². The first-order valence-electron chi connectivity index (χ1n) is 8.35. The number of amides is 1. The van der Waals surface area contributed by atoms with E-state index in [0.717, 1.165) is 18.7 Å². The summed E-state index contributed by atoms with van der Waals surface area (Å²) in [5.74, 6) is 0.222. The summed E-state index contributed by atoms with van der Waals surface area (Å²) in [5.41, 5.74) is 2.75. The van der Waals surface area contributed by atoms with Crippen molar-refractivity contribution >= 4 is 11.6 Å². The van der Waals surface area contributed by atoms with Crippen LogP contribution in [0, 0.1) is 6.92 Å². The predicted octanol–water partition coefficient (Wildman–Crippen LogP) is 2.24. The summed E-state index contributed by atoms with van der Waals surface area (Å²) in [6.45, 7) is 4.63. The van der Waals surface area contributed by atoms with Gasteiger partial charge >= 0.3 is 0 Å². The van der Waals surface area contributed by atoms with Crippen molar-refractivity contribution in [2.24, 2.45) is 0 Å². The molecule has 0 bridgehead atoms. The van der Waals surface area contributed by atoms with Gasteiger partial charge in [0.25, 0.3) is 5.91 Å². The average molecular weight is 341 g/mol. The molecule has 1 aromatic carbocycles. The van der Waals surface area contributed by atoms with Crippen molar-refractivity contribution < 1.29 is 14.3 Å². The van der Waals surface area contributed by atoms with Gasteiger partial charge in [-0.05, 0) is 24.1 Å². The second-order valence-electron chi connectivity index (χ2n) is 6.14. The van der Waals surface area contributed by atoms with Gasteiger partial charge in [-0.2, -0.15) is 0 Å². The van der Waals surface area contributed by atoms with Crippen LogP contribution in [-0.2, 0) is 16.1 Å². The van der Waals surface area contributed by atoms with Crippen LogP contribution in [0.3, 0.4) is 0 Å². The third kappa shape index (κ3) is 4.55. The van der Waals surface area contributed by atoms with Crippen molar-refractivity contribution in [3.63, 3.8) is 0 Å². The summed E-state index contributed by atoms with van der Waals surface area (Å²) in [6, 6.07) is 12.1. The zero-order valence-electron chi connectivity index (χ0n) is 14.6. The molecule has 1 saturated heterocycles. The summed E-state index contributed by atoms with van der Waals surface area (Å²) >= 11 is 0. The van der Waals surface area contributed by atoms with Gasteiger partial charge in [-0.25, -0.2) is 4.98 Å². The van der Waals surface area contributed by atoms with Crippen LogP contribution in [0.1, 0.15) is 11.1 Å². The average Bonchev–Trinajstić information content (AvgIpc) is 2.63. The number of ether oxygens (including phenoxy) is 2. The number of rotatable bonds is 5. The highest BCUT2D eigenvalue weighted by molar-refractivity contribution is 5.95. The summed E-state index contributed by atoms with van der Waals surface area (Å²) < 4.78 is 10.9. The lowest BCUT2D eigenvalue weighted by Gasteiger charge is -2.32. The minimum absolute atomic E-state index is 0.177. The first-order chi connectivity index (χ1) is 12.2. The van der Waals surface area contributed by atoms with Gasteiger partial charge in [-0.1, -0.05) is 30.3 Å². The quantitative estimate of drug-likeness (QED) is 0.904.